The quantitative estimate of drug-likeness (QED) is 0.597. The largest absolute Gasteiger partial charge is 0.328 e. The third-order valence-electron chi connectivity index (χ3n) is 5.02. The van der Waals surface area contributed by atoms with Gasteiger partial charge in [0.05, 0.1) is 36.8 Å². The number of non-ortho nitro benzene ring substituents is 1. The molecule has 2 aromatic carbocycles. The lowest BCUT2D eigenvalue weighted by molar-refractivity contribution is -0.918. The van der Waals surface area contributed by atoms with Crippen LogP contribution < -0.4 is 10.2 Å². The molecule has 2 heterocycles. The fraction of sp³-hybridized carbons (Fsp3) is 0.263. The number of benzene rings is 2. The van der Waals surface area contributed by atoms with E-state index in [-0.39, 0.29) is 17.3 Å². The van der Waals surface area contributed by atoms with Crippen LogP contribution in [0.15, 0.2) is 47.6 Å². The van der Waals surface area contributed by atoms with Gasteiger partial charge in [-0.3, -0.25) is 19.9 Å². The average Bonchev–Trinajstić information content (AvgIpc) is 2.99. The molecule has 0 spiro atoms. The molecule has 2 aromatic rings. The summed E-state index contributed by atoms with van der Waals surface area (Å²) in [4.78, 5) is 24.2. The highest BCUT2D eigenvalue weighted by molar-refractivity contribution is 6.53. The van der Waals surface area contributed by atoms with E-state index in [9.17, 15) is 14.9 Å². The molecule has 8 nitrogen and oxygen atoms in total. The molecule has 2 aliphatic heterocycles. The second-order valence-corrected chi connectivity index (χ2v) is 7.27. The van der Waals surface area contributed by atoms with Crippen molar-refractivity contribution < 1.29 is 14.6 Å². The van der Waals surface area contributed by atoms with E-state index < -0.39 is 4.92 Å². The molecule has 0 aliphatic carbocycles. The van der Waals surface area contributed by atoms with E-state index in [1.54, 1.807) is 6.07 Å². The van der Waals surface area contributed by atoms with Crippen LogP contribution in [0.25, 0.3) is 0 Å². The van der Waals surface area contributed by atoms with Crippen LogP contribution in [0.3, 0.4) is 0 Å². The van der Waals surface area contributed by atoms with E-state index in [4.69, 9.17) is 11.6 Å². The van der Waals surface area contributed by atoms with Crippen molar-refractivity contribution in [3.8, 4) is 0 Å². The van der Waals surface area contributed by atoms with Gasteiger partial charge in [0.25, 0.3) is 11.6 Å². The Labute approximate surface area is 166 Å². The minimum absolute atomic E-state index is 0.0584. The van der Waals surface area contributed by atoms with Crippen molar-refractivity contribution in [1.82, 2.24) is 5.01 Å². The molecule has 144 valence electrons. The van der Waals surface area contributed by atoms with Crippen molar-refractivity contribution in [1.29, 1.82) is 0 Å². The first-order valence-corrected chi connectivity index (χ1v) is 9.40. The number of amides is 1. The van der Waals surface area contributed by atoms with Gasteiger partial charge in [0.2, 0.25) is 0 Å². The van der Waals surface area contributed by atoms with Crippen LogP contribution in [0.1, 0.15) is 11.1 Å². The summed E-state index contributed by atoms with van der Waals surface area (Å²) in [6.07, 6.45) is 0. The number of hydrogen-bond donors (Lipinski definition) is 2. The summed E-state index contributed by atoms with van der Waals surface area (Å²) in [6.45, 7) is 3.97. The highest BCUT2D eigenvalue weighted by Gasteiger charge is 2.30. The average molecular weight is 401 g/mol. The highest BCUT2D eigenvalue weighted by atomic mass is 35.5. The predicted octanol–water partition coefficient (Wildman–Crippen LogP) is 1.31. The van der Waals surface area contributed by atoms with Gasteiger partial charge in [-0.1, -0.05) is 29.8 Å². The van der Waals surface area contributed by atoms with Crippen LogP contribution in [0.5, 0.6) is 0 Å². The van der Waals surface area contributed by atoms with Crippen molar-refractivity contribution in [3.63, 3.8) is 0 Å². The molecule has 9 heteroatoms. The van der Waals surface area contributed by atoms with Crippen LogP contribution in [-0.2, 0) is 11.3 Å². The lowest BCUT2D eigenvalue weighted by Gasteiger charge is -2.30. The summed E-state index contributed by atoms with van der Waals surface area (Å²) < 4.78 is 0. The Kier molecular flexibility index (Phi) is 4.97. The lowest BCUT2D eigenvalue weighted by atomic mass is 10.1. The summed E-state index contributed by atoms with van der Waals surface area (Å²) >= 11 is 6.25. The van der Waals surface area contributed by atoms with Gasteiger partial charge in [-0.25, -0.2) is 0 Å². The highest BCUT2D eigenvalue weighted by Crippen LogP contribution is 2.28. The van der Waals surface area contributed by atoms with Crippen molar-refractivity contribution in [2.75, 3.05) is 31.5 Å². The van der Waals surface area contributed by atoms with Crippen LogP contribution >= 0.6 is 11.6 Å². The molecule has 28 heavy (non-hydrogen) atoms. The van der Waals surface area contributed by atoms with E-state index >= 15 is 0 Å². The first-order valence-electron chi connectivity index (χ1n) is 9.02. The number of carbonyl (C=O) groups is 1. The first-order chi connectivity index (χ1) is 13.5. The standard InChI is InChI=1S/C19H18ClN5O3/c20-16-4-2-1-3-13(16)12-23-7-9-24(10-8-23)22-18-15-11-14(25(27)28)5-6-17(15)21-19(18)26/h1-6,11H,7-10,12H2,(H,21,22,26)/p+1. The minimum Gasteiger partial charge on any atom is -0.328 e. The third kappa shape index (κ3) is 3.69. The number of anilines is 1. The van der Waals surface area contributed by atoms with Crippen molar-refractivity contribution in [3.05, 3.63) is 68.7 Å². The SMILES string of the molecule is O=C1Nc2ccc([N+](=O)[O-])cc2/C1=N/N1CC[NH+](Cc2ccccc2Cl)CC1. The van der Waals surface area contributed by atoms with E-state index in [0.717, 1.165) is 30.2 Å². The predicted molar refractivity (Wildman–Crippen MR) is 106 cm³/mol. The van der Waals surface area contributed by atoms with Crippen LogP contribution in [0, 0.1) is 10.1 Å². The van der Waals surface area contributed by atoms with E-state index in [1.807, 2.05) is 29.3 Å². The number of nitro benzene ring substituents is 1. The Morgan fingerprint density at radius 3 is 2.68 bits per heavy atom. The lowest BCUT2D eigenvalue weighted by Crippen LogP contribution is -3.13. The number of hydrogen-bond acceptors (Lipinski definition) is 5. The van der Waals surface area contributed by atoms with Gasteiger partial charge < -0.3 is 10.2 Å². The maximum absolute atomic E-state index is 12.3. The maximum atomic E-state index is 12.3. The molecule has 0 atom stereocenters. The molecule has 4 rings (SSSR count). The molecular formula is C19H19ClN5O3+. The van der Waals surface area contributed by atoms with Gasteiger partial charge >= 0.3 is 0 Å². The molecule has 0 aromatic heterocycles. The van der Waals surface area contributed by atoms with Crippen LogP contribution in [0.4, 0.5) is 11.4 Å². The zero-order chi connectivity index (χ0) is 19.7. The summed E-state index contributed by atoms with van der Waals surface area (Å²) in [7, 11) is 0. The van der Waals surface area contributed by atoms with Crippen molar-refractivity contribution in [2.45, 2.75) is 6.54 Å². The Bertz CT molecular complexity index is 970. The third-order valence-corrected chi connectivity index (χ3v) is 5.39. The zero-order valence-corrected chi connectivity index (χ0v) is 15.8. The van der Waals surface area contributed by atoms with Crippen LogP contribution in [-0.4, -0.2) is 47.7 Å². The fourth-order valence-corrected chi connectivity index (χ4v) is 3.70. The Balaban J connectivity index is 1.45. The molecule has 1 fully saturated rings. The number of fused-ring (bicyclic) bond motifs is 1. The van der Waals surface area contributed by atoms with Crippen molar-refractivity contribution in [2.24, 2.45) is 5.10 Å². The number of rotatable bonds is 4. The monoisotopic (exact) mass is 400 g/mol. The van der Waals surface area contributed by atoms with E-state index in [0.29, 0.717) is 24.3 Å². The Hall–Kier alpha value is -2.97. The fourth-order valence-electron chi connectivity index (χ4n) is 3.49. The maximum Gasteiger partial charge on any atom is 0.276 e. The molecule has 1 amide bonds. The van der Waals surface area contributed by atoms with Gasteiger partial charge in [0, 0.05) is 28.3 Å². The molecule has 0 radical (unpaired) electrons. The summed E-state index contributed by atoms with van der Waals surface area (Å²) in [5.74, 6) is -0.332. The Morgan fingerprint density at radius 1 is 1.21 bits per heavy atom. The number of piperazine rings is 1. The van der Waals surface area contributed by atoms with E-state index in [2.05, 4.69) is 10.4 Å². The number of carbonyl (C=O) groups excluding carboxylic acids is 1. The second kappa shape index (κ2) is 7.57. The number of nitrogens with zero attached hydrogens (tertiary/aromatic N) is 3. The normalized spacial score (nSPS) is 18.2. The molecule has 1 saturated heterocycles. The topological polar surface area (TPSA) is 92.3 Å². The number of quaternary nitrogens is 1. The molecule has 0 unspecified atom stereocenters. The number of hydrazone groups is 1. The summed E-state index contributed by atoms with van der Waals surface area (Å²) in [6, 6.07) is 12.1. The molecule has 0 bridgehead atoms. The Morgan fingerprint density at radius 2 is 1.96 bits per heavy atom. The first kappa shape index (κ1) is 18.4. The minimum atomic E-state index is -0.475. The number of halogens is 1. The molecule has 0 saturated carbocycles. The van der Waals surface area contributed by atoms with Gasteiger partial charge in [-0.05, 0) is 12.1 Å². The molecule has 2 aliphatic rings. The van der Waals surface area contributed by atoms with Crippen molar-refractivity contribution >= 4 is 34.6 Å². The van der Waals surface area contributed by atoms with E-state index in [1.165, 1.54) is 17.0 Å². The molecular weight excluding hydrogens is 382 g/mol. The van der Waals surface area contributed by atoms with Gasteiger partial charge in [0.1, 0.15) is 6.54 Å². The summed E-state index contributed by atoms with van der Waals surface area (Å²) in [5.41, 5.74) is 2.32. The van der Waals surface area contributed by atoms with Gasteiger partial charge in [0.15, 0.2) is 5.71 Å². The van der Waals surface area contributed by atoms with Gasteiger partial charge in [-0.15, -0.1) is 0 Å². The van der Waals surface area contributed by atoms with Crippen LogP contribution in [0.2, 0.25) is 5.02 Å². The smallest absolute Gasteiger partial charge is 0.276 e. The molecule has 2 N–H and O–H groups in total. The number of nitro groups is 1. The zero-order valence-electron chi connectivity index (χ0n) is 15.0. The second-order valence-electron chi connectivity index (χ2n) is 6.86. The summed E-state index contributed by atoms with van der Waals surface area (Å²) in [5, 5.41) is 20.9. The number of nitrogens with one attached hydrogen (secondary N) is 2. The van der Waals surface area contributed by atoms with Gasteiger partial charge in [-0.2, -0.15) is 5.10 Å².